The summed E-state index contributed by atoms with van der Waals surface area (Å²) in [6.07, 6.45) is 0. The Kier molecular flexibility index (Phi) is 4.76. The summed E-state index contributed by atoms with van der Waals surface area (Å²) in [6.45, 7) is 0. The minimum Gasteiger partial charge on any atom is -0.322 e. The monoisotopic (exact) mass is 340 g/mol. The van der Waals surface area contributed by atoms with E-state index in [1.807, 2.05) is 0 Å². The Morgan fingerprint density at radius 2 is 1.74 bits per heavy atom. The first-order valence-corrected chi connectivity index (χ1v) is 7.95. The third-order valence-corrected chi connectivity index (χ3v) is 4.86. The largest absolute Gasteiger partial charge is 0.322 e. The van der Waals surface area contributed by atoms with E-state index < -0.39 is 27.6 Å². The Bertz CT molecular complexity index is 852. The van der Waals surface area contributed by atoms with Crippen LogP contribution >= 0.6 is 0 Å². The van der Waals surface area contributed by atoms with Crippen molar-refractivity contribution in [2.24, 2.45) is 0 Å². The molecular weight excluding hydrogens is 326 g/mol. The summed E-state index contributed by atoms with van der Waals surface area (Å²) < 4.78 is 51.2. The van der Waals surface area contributed by atoms with Gasteiger partial charge >= 0.3 is 0 Å². The van der Waals surface area contributed by atoms with Crippen LogP contribution in [0.1, 0.15) is 10.4 Å². The van der Waals surface area contributed by atoms with Gasteiger partial charge in [-0.3, -0.25) is 4.79 Å². The van der Waals surface area contributed by atoms with Gasteiger partial charge in [0.05, 0.1) is 4.90 Å². The lowest BCUT2D eigenvalue weighted by atomic mass is 10.2. The maximum absolute atomic E-state index is 13.1. The van der Waals surface area contributed by atoms with Crippen LogP contribution in [0.4, 0.5) is 14.5 Å². The first kappa shape index (κ1) is 17.0. The normalized spacial score (nSPS) is 11.5. The number of rotatable bonds is 4. The lowest BCUT2D eigenvalue weighted by molar-refractivity contribution is 0.102. The fourth-order valence-corrected chi connectivity index (χ4v) is 2.73. The Morgan fingerprint density at radius 3 is 2.35 bits per heavy atom. The van der Waals surface area contributed by atoms with Crippen molar-refractivity contribution in [3.63, 3.8) is 0 Å². The van der Waals surface area contributed by atoms with E-state index in [-0.39, 0.29) is 16.1 Å². The van der Waals surface area contributed by atoms with Crippen LogP contribution in [0.25, 0.3) is 0 Å². The standard InChI is InChI=1S/C15H14F2N2O3S/c1-19(2)23(21,22)12-5-3-4-11(9-12)18-15(20)10-6-7-13(16)14(17)8-10/h3-9H,1-2H3,(H,18,20). The fourth-order valence-electron chi connectivity index (χ4n) is 1.79. The minimum atomic E-state index is -3.64. The zero-order valence-corrected chi connectivity index (χ0v) is 13.2. The molecule has 0 unspecified atom stereocenters. The molecule has 0 heterocycles. The molecule has 0 saturated carbocycles. The van der Waals surface area contributed by atoms with E-state index in [1.165, 1.54) is 38.4 Å². The Morgan fingerprint density at radius 1 is 1.04 bits per heavy atom. The highest BCUT2D eigenvalue weighted by Gasteiger charge is 2.18. The van der Waals surface area contributed by atoms with Crippen molar-refractivity contribution in [2.45, 2.75) is 4.90 Å². The summed E-state index contributed by atoms with van der Waals surface area (Å²) in [5.41, 5.74) is 0.146. The molecule has 5 nitrogen and oxygen atoms in total. The average Bonchev–Trinajstić information content (AvgIpc) is 2.50. The number of nitrogens with one attached hydrogen (secondary N) is 1. The Labute approximate surface area is 132 Å². The van der Waals surface area contributed by atoms with Crippen LogP contribution in [0.5, 0.6) is 0 Å². The second-order valence-electron chi connectivity index (χ2n) is 4.90. The topological polar surface area (TPSA) is 66.5 Å². The number of sulfonamides is 1. The molecule has 122 valence electrons. The summed E-state index contributed by atoms with van der Waals surface area (Å²) in [6, 6.07) is 8.38. The van der Waals surface area contributed by atoms with Crippen molar-refractivity contribution < 1.29 is 22.0 Å². The Hall–Kier alpha value is -2.32. The molecule has 23 heavy (non-hydrogen) atoms. The van der Waals surface area contributed by atoms with Crippen molar-refractivity contribution in [1.82, 2.24) is 4.31 Å². The lowest BCUT2D eigenvalue weighted by Gasteiger charge is -2.12. The molecule has 0 saturated heterocycles. The van der Waals surface area contributed by atoms with E-state index in [0.29, 0.717) is 0 Å². The molecule has 2 aromatic carbocycles. The third-order valence-electron chi connectivity index (χ3n) is 3.05. The van der Waals surface area contributed by atoms with Crippen molar-refractivity contribution in [3.8, 4) is 0 Å². The molecule has 0 radical (unpaired) electrons. The van der Waals surface area contributed by atoms with Crippen LogP contribution in [0.2, 0.25) is 0 Å². The highest BCUT2D eigenvalue weighted by Crippen LogP contribution is 2.19. The molecule has 0 fully saturated rings. The molecule has 0 spiro atoms. The summed E-state index contributed by atoms with van der Waals surface area (Å²) in [5, 5.41) is 2.45. The van der Waals surface area contributed by atoms with E-state index in [4.69, 9.17) is 0 Å². The van der Waals surface area contributed by atoms with Gasteiger partial charge in [-0.05, 0) is 36.4 Å². The van der Waals surface area contributed by atoms with Gasteiger partial charge in [0.25, 0.3) is 5.91 Å². The summed E-state index contributed by atoms with van der Waals surface area (Å²) in [7, 11) is -0.858. The first-order chi connectivity index (χ1) is 10.7. The zero-order chi connectivity index (χ0) is 17.2. The SMILES string of the molecule is CN(C)S(=O)(=O)c1cccc(NC(=O)c2ccc(F)c(F)c2)c1. The number of carbonyl (C=O) groups is 1. The van der Waals surface area contributed by atoms with Gasteiger partial charge in [0.15, 0.2) is 11.6 Å². The molecule has 0 aliphatic rings. The highest BCUT2D eigenvalue weighted by molar-refractivity contribution is 7.89. The molecule has 1 N–H and O–H groups in total. The first-order valence-electron chi connectivity index (χ1n) is 6.51. The number of anilines is 1. The van der Waals surface area contributed by atoms with Gasteiger partial charge in [0.1, 0.15) is 0 Å². The van der Waals surface area contributed by atoms with Crippen LogP contribution in [-0.2, 0) is 10.0 Å². The van der Waals surface area contributed by atoms with Crippen molar-refractivity contribution in [3.05, 3.63) is 59.7 Å². The van der Waals surface area contributed by atoms with Gasteiger partial charge in [-0.15, -0.1) is 0 Å². The van der Waals surface area contributed by atoms with Gasteiger partial charge < -0.3 is 5.32 Å². The van der Waals surface area contributed by atoms with Gasteiger partial charge in [0, 0.05) is 25.3 Å². The van der Waals surface area contributed by atoms with E-state index in [1.54, 1.807) is 0 Å². The van der Waals surface area contributed by atoms with E-state index >= 15 is 0 Å². The summed E-state index contributed by atoms with van der Waals surface area (Å²) in [5.74, 6) is -2.87. The van der Waals surface area contributed by atoms with E-state index in [2.05, 4.69) is 5.32 Å². The van der Waals surface area contributed by atoms with Crippen molar-refractivity contribution in [1.29, 1.82) is 0 Å². The van der Waals surface area contributed by atoms with Crippen LogP contribution in [0, 0.1) is 11.6 Å². The molecule has 0 aromatic heterocycles. The number of amides is 1. The summed E-state index contributed by atoms with van der Waals surface area (Å²) in [4.78, 5) is 12.0. The van der Waals surface area contributed by atoms with E-state index in [0.717, 1.165) is 22.5 Å². The number of benzene rings is 2. The molecule has 0 atom stereocenters. The molecule has 0 bridgehead atoms. The maximum Gasteiger partial charge on any atom is 0.255 e. The number of halogens is 2. The summed E-state index contributed by atoms with van der Waals surface area (Å²) >= 11 is 0. The number of nitrogens with zero attached hydrogens (tertiary/aromatic N) is 1. The van der Waals surface area contributed by atoms with Gasteiger partial charge in [-0.2, -0.15) is 0 Å². The minimum absolute atomic E-state index is 0.00517. The fraction of sp³-hybridized carbons (Fsp3) is 0.133. The molecule has 2 aromatic rings. The second-order valence-corrected chi connectivity index (χ2v) is 7.05. The third kappa shape index (κ3) is 3.72. The van der Waals surface area contributed by atoms with Crippen molar-refractivity contribution >= 4 is 21.6 Å². The van der Waals surface area contributed by atoms with Crippen LogP contribution in [0.15, 0.2) is 47.4 Å². The van der Waals surface area contributed by atoms with Crippen LogP contribution in [-0.4, -0.2) is 32.7 Å². The molecule has 1 amide bonds. The average molecular weight is 340 g/mol. The predicted molar refractivity (Wildman–Crippen MR) is 81.6 cm³/mol. The highest BCUT2D eigenvalue weighted by atomic mass is 32.2. The smallest absolute Gasteiger partial charge is 0.255 e. The second kappa shape index (κ2) is 6.43. The van der Waals surface area contributed by atoms with Crippen molar-refractivity contribution in [2.75, 3.05) is 19.4 Å². The maximum atomic E-state index is 13.1. The van der Waals surface area contributed by atoms with Crippen LogP contribution in [0.3, 0.4) is 0 Å². The molecule has 8 heteroatoms. The molecular formula is C15H14F2N2O3S. The van der Waals surface area contributed by atoms with Gasteiger partial charge in [-0.25, -0.2) is 21.5 Å². The molecule has 2 rings (SSSR count). The predicted octanol–water partition coefficient (Wildman–Crippen LogP) is 2.47. The molecule has 0 aliphatic heterocycles. The quantitative estimate of drug-likeness (QED) is 0.930. The van der Waals surface area contributed by atoms with Gasteiger partial charge in [0.2, 0.25) is 10.0 Å². The van der Waals surface area contributed by atoms with Crippen LogP contribution < -0.4 is 5.32 Å². The molecule has 0 aliphatic carbocycles. The van der Waals surface area contributed by atoms with E-state index in [9.17, 15) is 22.0 Å². The van der Waals surface area contributed by atoms with Gasteiger partial charge in [-0.1, -0.05) is 6.07 Å². The Balaban J connectivity index is 2.27. The number of hydrogen-bond acceptors (Lipinski definition) is 3. The zero-order valence-electron chi connectivity index (χ0n) is 12.4. The number of carbonyl (C=O) groups excluding carboxylic acids is 1. The lowest BCUT2D eigenvalue weighted by Crippen LogP contribution is -2.22. The number of hydrogen-bond donors (Lipinski definition) is 1.